The van der Waals surface area contributed by atoms with Crippen molar-refractivity contribution in [1.29, 1.82) is 0 Å². The largest absolute Gasteiger partial charge is 1.00 e. The Morgan fingerprint density at radius 2 is 1.59 bits per heavy atom. The van der Waals surface area contributed by atoms with E-state index in [1.54, 1.807) is 14.1 Å². The molecule has 0 saturated carbocycles. The normalized spacial score (nSPS) is 14.3. The highest BCUT2D eigenvalue weighted by Gasteiger charge is 2.74. The van der Waals surface area contributed by atoms with Gasteiger partial charge in [0.2, 0.25) is 0 Å². The van der Waals surface area contributed by atoms with Crippen LogP contribution in [0.3, 0.4) is 0 Å². The first-order valence-electron chi connectivity index (χ1n) is 11.8. The zero-order chi connectivity index (χ0) is 28.2. The highest BCUT2D eigenvalue weighted by molar-refractivity contribution is 5.82. The number of esters is 2. The van der Waals surface area contributed by atoms with Crippen LogP contribution in [-0.4, -0.2) is 82.6 Å². The third kappa shape index (κ3) is 12.6. The molecule has 0 amide bonds. The van der Waals surface area contributed by atoms with Crippen molar-refractivity contribution in [3.05, 3.63) is 0 Å². The Balaban J connectivity index is 0. The summed E-state index contributed by atoms with van der Waals surface area (Å²) < 4.78 is 114. The molecule has 6 nitrogen and oxygen atoms in total. The summed E-state index contributed by atoms with van der Waals surface area (Å²) in [6.07, 6.45) is -4.24. The van der Waals surface area contributed by atoms with Gasteiger partial charge in [-0.2, -0.15) is 26.3 Å². The van der Waals surface area contributed by atoms with Crippen LogP contribution in [0.25, 0.3) is 0 Å². The second-order valence-corrected chi connectivity index (χ2v) is 8.89. The van der Waals surface area contributed by atoms with Gasteiger partial charge in [-0.3, -0.25) is 14.9 Å². The van der Waals surface area contributed by atoms with E-state index in [1.165, 1.54) is 0 Å². The van der Waals surface area contributed by atoms with Crippen LogP contribution in [0.2, 0.25) is 0 Å². The molecule has 0 rings (SSSR count). The average Bonchev–Trinajstić information content (AvgIpc) is 2.77. The number of hydrogen-bond acceptors (Lipinski definition) is 5. The fourth-order valence-corrected chi connectivity index (χ4v) is 2.99. The lowest BCUT2D eigenvalue weighted by Crippen LogP contribution is -3.06. The second-order valence-electron chi connectivity index (χ2n) is 8.89. The summed E-state index contributed by atoms with van der Waals surface area (Å²) in [5.41, 5.74) is 0. The van der Waals surface area contributed by atoms with Gasteiger partial charge in [0, 0.05) is 6.54 Å². The fourth-order valence-electron chi connectivity index (χ4n) is 2.99. The fraction of sp³-hybridized carbons (Fsp3) is 0.909. The Hall–Kier alpha value is -0.970. The van der Waals surface area contributed by atoms with Crippen LogP contribution in [0.4, 0.5) is 35.1 Å². The lowest BCUT2D eigenvalue weighted by atomic mass is 10.0. The maximum absolute atomic E-state index is 13.7. The summed E-state index contributed by atoms with van der Waals surface area (Å²) in [5.74, 6) is -20.2. The molecule has 0 heterocycles. The van der Waals surface area contributed by atoms with E-state index in [1.807, 2.05) is 13.8 Å². The molecule has 0 bridgehead atoms. The molecule has 15 heteroatoms. The van der Waals surface area contributed by atoms with Crippen molar-refractivity contribution in [1.82, 2.24) is 5.32 Å². The molecule has 0 fully saturated rings. The van der Waals surface area contributed by atoms with Gasteiger partial charge in [-0.15, -0.1) is 0 Å². The van der Waals surface area contributed by atoms with Gasteiger partial charge in [0.25, 0.3) is 0 Å². The first-order chi connectivity index (χ1) is 16.5. The standard InChI is InChI=1S/C22H36F8N2O4.HI/c1-5-7-8-15(6-2)14-36-17(33)13-16(31-10-11-32(3)4)18(34)35-12-9-20(25,26)22(29,30)21(27,28)19(23)24;/h15-16,19,31H,5-14H2,1-4H3;1H. The summed E-state index contributed by atoms with van der Waals surface area (Å²) in [6.45, 7) is 3.23. The second kappa shape index (κ2) is 17.6. The zero-order valence-corrected chi connectivity index (χ0v) is 23.5. The number of alkyl halides is 8. The Bertz CT molecular complexity index is 673. The van der Waals surface area contributed by atoms with E-state index in [2.05, 4.69) is 10.1 Å². The molecule has 2 N–H and O–H groups in total. The van der Waals surface area contributed by atoms with Crippen LogP contribution in [0, 0.1) is 5.92 Å². The van der Waals surface area contributed by atoms with Gasteiger partial charge in [-0.1, -0.05) is 33.1 Å². The Labute approximate surface area is 229 Å². The third-order valence-corrected chi connectivity index (χ3v) is 5.51. The summed E-state index contributed by atoms with van der Waals surface area (Å²) in [6, 6.07) is -1.38. The van der Waals surface area contributed by atoms with Crippen molar-refractivity contribution in [2.75, 3.05) is 40.4 Å². The van der Waals surface area contributed by atoms with Crippen LogP contribution in [-0.2, 0) is 19.1 Å². The number of rotatable bonds is 19. The Kier molecular flexibility index (Phi) is 18.1. The van der Waals surface area contributed by atoms with Gasteiger partial charge in [0.05, 0.1) is 46.7 Å². The molecule has 2 atom stereocenters. The van der Waals surface area contributed by atoms with Crippen molar-refractivity contribution in [3.63, 3.8) is 0 Å². The van der Waals surface area contributed by atoms with Crippen LogP contribution in [0.1, 0.15) is 52.4 Å². The van der Waals surface area contributed by atoms with Crippen molar-refractivity contribution in [2.24, 2.45) is 5.92 Å². The van der Waals surface area contributed by atoms with Gasteiger partial charge in [-0.05, 0) is 12.3 Å². The third-order valence-electron chi connectivity index (χ3n) is 5.51. The van der Waals surface area contributed by atoms with E-state index in [9.17, 15) is 44.7 Å². The van der Waals surface area contributed by atoms with Gasteiger partial charge in [-0.25, -0.2) is 8.78 Å². The molecule has 0 aromatic carbocycles. The first kappa shape index (κ1) is 38.2. The number of ether oxygens (including phenoxy) is 2. The van der Waals surface area contributed by atoms with Crippen molar-refractivity contribution < 1.29 is 83.1 Å². The topological polar surface area (TPSA) is 69.1 Å². The molecular weight excluding hydrogens is 635 g/mol. The van der Waals surface area contributed by atoms with Crippen LogP contribution >= 0.6 is 0 Å². The molecule has 0 spiro atoms. The summed E-state index contributed by atoms with van der Waals surface area (Å²) >= 11 is 0. The molecule has 0 aliphatic carbocycles. The van der Waals surface area contributed by atoms with Gasteiger partial charge in [0.15, 0.2) is 0 Å². The molecule has 222 valence electrons. The molecular formula is C22H37F8IN2O4. The lowest BCUT2D eigenvalue weighted by Gasteiger charge is -2.32. The first-order valence-corrected chi connectivity index (χ1v) is 11.8. The highest BCUT2D eigenvalue weighted by atomic mass is 127. The number of halogens is 9. The molecule has 2 unspecified atom stereocenters. The predicted molar refractivity (Wildman–Crippen MR) is 115 cm³/mol. The number of carbonyl (C=O) groups is 2. The number of nitrogens with one attached hydrogen (secondary N) is 2. The summed E-state index contributed by atoms with van der Waals surface area (Å²) in [4.78, 5) is 25.5. The minimum absolute atomic E-state index is 0. The highest BCUT2D eigenvalue weighted by Crippen LogP contribution is 2.49. The van der Waals surface area contributed by atoms with Crippen LogP contribution < -0.4 is 34.2 Å². The maximum Gasteiger partial charge on any atom is 0.377 e. The van der Waals surface area contributed by atoms with Crippen molar-refractivity contribution >= 4 is 11.9 Å². The monoisotopic (exact) mass is 672 g/mol. The number of quaternary nitrogens is 1. The summed E-state index contributed by atoms with van der Waals surface area (Å²) in [7, 11) is 3.59. The van der Waals surface area contributed by atoms with Crippen molar-refractivity contribution in [2.45, 2.75) is 82.6 Å². The van der Waals surface area contributed by atoms with E-state index in [-0.39, 0.29) is 43.0 Å². The van der Waals surface area contributed by atoms with E-state index >= 15 is 0 Å². The quantitative estimate of drug-likeness (QED) is 0.118. The zero-order valence-electron chi connectivity index (χ0n) is 21.3. The van der Waals surface area contributed by atoms with Crippen molar-refractivity contribution in [3.8, 4) is 0 Å². The van der Waals surface area contributed by atoms with Gasteiger partial charge in [0.1, 0.15) is 6.04 Å². The van der Waals surface area contributed by atoms with E-state index in [0.717, 1.165) is 30.6 Å². The number of likely N-dealkylation sites (N-methyl/N-ethyl adjacent to an activating group) is 1. The number of carbonyl (C=O) groups excluding carboxylic acids is 2. The maximum atomic E-state index is 13.7. The Morgan fingerprint density at radius 3 is 2.08 bits per heavy atom. The molecule has 0 aromatic heterocycles. The average molecular weight is 672 g/mol. The lowest BCUT2D eigenvalue weighted by molar-refractivity contribution is -0.856. The minimum Gasteiger partial charge on any atom is -1.00 e. The number of unbranched alkanes of at least 4 members (excludes halogenated alkanes) is 1. The predicted octanol–water partition coefficient (Wildman–Crippen LogP) is 0.347. The smallest absolute Gasteiger partial charge is 0.377 e. The molecule has 0 aromatic rings. The van der Waals surface area contributed by atoms with E-state index in [4.69, 9.17) is 4.74 Å². The van der Waals surface area contributed by atoms with Gasteiger partial charge < -0.3 is 38.4 Å². The number of hydrogen-bond donors (Lipinski definition) is 2. The van der Waals surface area contributed by atoms with E-state index in [0.29, 0.717) is 6.54 Å². The Morgan fingerprint density at radius 1 is 1.00 bits per heavy atom. The molecule has 0 radical (unpaired) electrons. The van der Waals surface area contributed by atoms with Crippen LogP contribution in [0.15, 0.2) is 0 Å². The molecule has 37 heavy (non-hydrogen) atoms. The molecule has 0 saturated heterocycles. The minimum atomic E-state index is -6.38. The van der Waals surface area contributed by atoms with E-state index < -0.39 is 61.6 Å². The van der Waals surface area contributed by atoms with Gasteiger partial charge >= 0.3 is 36.1 Å². The molecule has 0 aliphatic heterocycles. The summed E-state index contributed by atoms with van der Waals surface area (Å²) in [5, 5.41) is 2.68. The SMILES string of the molecule is CCCCC(CC)COC(=O)CC(NCC[NH+](C)C)C(=O)OCCC(F)(F)C(F)(F)C(F)(F)C(F)F.[I-]. The molecule has 0 aliphatic rings. The van der Waals surface area contributed by atoms with Crippen LogP contribution in [0.5, 0.6) is 0 Å².